The summed E-state index contributed by atoms with van der Waals surface area (Å²) in [6.45, 7) is 5.02. The number of oxime groups is 1. The van der Waals surface area contributed by atoms with E-state index in [1.54, 1.807) is 13.0 Å². The molecule has 160 valence electrons. The van der Waals surface area contributed by atoms with Crippen molar-refractivity contribution in [1.29, 1.82) is 0 Å². The van der Waals surface area contributed by atoms with Crippen molar-refractivity contribution in [2.45, 2.75) is 19.4 Å². The molecule has 1 atom stereocenters. The zero-order chi connectivity index (χ0) is 21.4. The molecule has 0 spiro atoms. The van der Waals surface area contributed by atoms with Crippen LogP contribution in [0.25, 0.3) is 22.4 Å². The van der Waals surface area contributed by atoms with Crippen molar-refractivity contribution in [2.24, 2.45) is 5.16 Å². The van der Waals surface area contributed by atoms with E-state index in [1.165, 1.54) is 0 Å². The Morgan fingerprint density at radius 3 is 2.68 bits per heavy atom. The van der Waals surface area contributed by atoms with Gasteiger partial charge in [0.2, 0.25) is 0 Å². The molecular weight excluding hydrogens is 422 g/mol. The number of fused-ring (bicyclic) bond motifs is 1. The van der Waals surface area contributed by atoms with E-state index in [9.17, 15) is 4.79 Å². The summed E-state index contributed by atoms with van der Waals surface area (Å²) in [5, 5.41) is 4.24. The summed E-state index contributed by atoms with van der Waals surface area (Å²) in [6, 6.07) is 10.2. The second kappa shape index (κ2) is 8.16. The number of benzene rings is 1. The minimum Gasteiger partial charge on any atom is -0.455 e. The summed E-state index contributed by atoms with van der Waals surface area (Å²) in [4.78, 5) is 30.2. The highest BCUT2D eigenvalue weighted by atomic mass is 35.5. The van der Waals surface area contributed by atoms with Crippen molar-refractivity contribution in [3.05, 3.63) is 35.4 Å². The highest BCUT2D eigenvalue weighted by Gasteiger charge is 2.25. The number of carbonyl (C=O) groups excluding carboxylic acids is 1. The molecule has 0 radical (unpaired) electrons. The first kappa shape index (κ1) is 19.8. The molecular formula is C21H20ClN5O4. The summed E-state index contributed by atoms with van der Waals surface area (Å²) in [5.74, 6) is -0.396. The standard InChI is InChI=1S/C21H20ClN5O4/c1-12(16-11-18(28)31-26-16)30-21-23-17-10-15(22)19(24-20(17)25-21)13-2-4-14(5-3-13)27-6-8-29-9-7-27/h2-5,10,12H,6-9,11H2,1H3,(H,23,24,25). The monoisotopic (exact) mass is 441 g/mol. The smallest absolute Gasteiger partial charge is 0.340 e. The van der Waals surface area contributed by atoms with Gasteiger partial charge in [0.15, 0.2) is 5.65 Å². The molecule has 31 heavy (non-hydrogen) atoms. The lowest BCUT2D eigenvalue weighted by Crippen LogP contribution is -2.36. The number of anilines is 1. The first-order valence-electron chi connectivity index (χ1n) is 9.99. The van der Waals surface area contributed by atoms with E-state index in [-0.39, 0.29) is 12.4 Å². The van der Waals surface area contributed by atoms with Crippen LogP contribution in [-0.4, -0.2) is 59.0 Å². The molecule has 1 saturated heterocycles. The number of rotatable bonds is 5. The number of imidazole rings is 1. The van der Waals surface area contributed by atoms with Crippen molar-refractivity contribution in [1.82, 2.24) is 15.0 Å². The summed E-state index contributed by atoms with van der Waals surface area (Å²) in [5.41, 5.74) is 4.34. The third-order valence-electron chi connectivity index (χ3n) is 5.27. The molecule has 2 aliphatic rings. The number of pyridine rings is 1. The Bertz CT molecular complexity index is 1150. The molecule has 10 heteroatoms. The number of carbonyl (C=O) groups is 1. The summed E-state index contributed by atoms with van der Waals surface area (Å²) in [7, 11) is 0. The third kappa shape index (κ3) is 4.06. The number of hydrogen-bond donors (Lipinski definition) is 1. The minimum atomic E-state index is -0.463. The molecule has 1 aromatic carbocycles. The highest BCUT2D eigenvalue weighted by Crippen LogP contribution is 2.31. The molecule has 3 aromatic rings. The average Bonchev–Trinajstić information content (AvgIpc) is 3.39. The highest BCUT2D eigenvalue weighted by molar-refractivity contribution is 6.33. The molecule has 0 saturated carbocycles. The number of hydrogen-bond acceptors (Lipinski definition) is 8. The molecule has 9 nitrogen and oxygen atoms in total. The van der Waals surface area contributed by atoms with Gasteiger partial charge in [0.1, 0.15) is 11.8 Å². The van der Waals surface area contributed by atoms with Gasteiger partial charge in [0.25, 0.3) is 6.01 Å². The molecule has 2 aliphatic heterocycles. The largest absolute Gasteiger partial charge is 0.455 e. The maximum Gasteiger partial charge on any atom is 0.340 e. The maximum absolute atomic E-state index is 11.2. The van der Waals surface area contributed by atoms with Crippen molar-refractivity contribution in [3.8, 4) is 17.3 Å². The van der Waals surface area contributed by atoms with Crippen LogP contribution in [0.5, 0.6) is 6.01 Å². The fourth-order valence-corrected chi connectivity index (χ4v) is 3.84. The van der Waals surface area contributed by atoms with Crippen molar-refractivity contribution in [3.63, 3.8) is 0 Å². The van der Waals surface area contributed by atoms with Gasteiger partial charge in [-0.3, -0.25) is 0 Å². The number of nitrogens with zero attached hydrogens (tertiary/aromatic N) is 4. The van der Waals surface area contributed by atoms with Crippen molar-refractivity contribution >= 4 is 40.1 Å². The van der Waals surface area contributed by atoms with Crippen LogP contribution in [0, 0.1) is 0 Å². The van der Waals surface area contributed by atoms with Gasteiger partial charge in [-0.15, -0.1) is 0 Å². The molecule has 5 rings (SSSR count). The lowest BCUT2D eigenvalue weighted by atomic mass is 10.1. The Kier molecular flexibility index (Phi) is 5.21. The zero-order valence-corrected chi connectivity index (χ0v) is 17.6. The summed E-state index contributed by atoms with van der Waals surface area (Å²) < 4.78 is 11.2. The Morgan fingerprint density at radius 1 is 1.19 bits per heavy atom. The predicted molar refractivity (Wildman–Crippen MR) is 116 cm³/mol. The molecule has 0 bridgehead atoms. The number of ether oxygens (including phenoxy) is 2. The maximum atomic E-state index is 11.2. The molecule has 2 aromatic heterocycles. The lowest BCUT2D eigenvalue weighted by molar-refractivity contribution is -0.140. The van der Waals surface area contributed by atoms with Gasteiger partial charge in [-0.05, 0) is 25.1 Å². The quantitative estimate of drug-likeness (QED) is 0.606. The second-order valence-corrected chi connectivity index (χ2v) is 7.77. The molecule has 0 aliphatic carbocycles. The number of H-pyrrole nitrogens is 1. The fourth-order valence-electron chi connectivity index (χ4n) is 3.58. The third-order valence-corrected chi connectivity index (χ3v) is 5.56. The van der Waals surface area contributed by atoms with Crippen LogP contribution < -0.4 is 9.64 Å². The first-order valence-corrected chi connectivity index (χ1v) is 10.4. The number of halogens is 1. The first-order chi connectivity index (χ1) is 15.1. The second-order valence-electron chi connectivity index (χ2n) is 7.36. The molecule has 1 fully saturated rings. The summed E-state index contributed by atoms with van der Waals surface area (Å²) >= 11 is 6.51. The Morgan fingerprint density at radius 2 is 1.97 bits per heavy atom. The van der Waals surface area contributed by atoms with Gasteiger partial charge in [0.05, 0.1) is 35.9 Å². The minimum absolute atomic E-state index is 0.107. The van der Waals surface area contributed by atoms with E-state index < -0.39 is 12.1 Å². The average molecular weight is 442 g/mol. The SMILES string of the molecule is CC(Oc1nc2nc(-c3ccc(N4CCOCC4)cc3)c(Cl)cc2[nH]1)C1=NOC(=O)C1. The number of aromatic nitrogens is 3. The Hall–Kier alpha value is -3.17. The molecule has 1 N–H and O–H groups in total. The van der Waals surface area contributed by atoms with E-state index in [1.807, 2.05) is 12.1 Å². The number of aromatic amines is 1. The lowest BCUT2D eigenvalue weighted by Gasteiger charge is -2.28. The van der Waals surface area contributed by atoms with Gasteiger partial charge >= 0.3 is 5.97 Å². The van der Waals surface area contributed by atoms with Crippen LogP contribution >= 0.6 is 11.6 Å². The van der Waals surface area contributed by atoms with Gasteiger partial charge < -0.3 is 24.2 Å². The number of nitrogens with one attached hydrogen (secondary N) is 1. The molecule has 1 unspecified atom stereocenters. The van der Waals surface area contributed by atoms with Crippen LogP contribution in [-0.2, 0) is 14.4 Å². The van der Waals surface area contributed by atoms with Crippen LogP contribution in [0.3, 0.4) is 0 Å². The predicted octanol–water partition coefficient (Wildman–Crippen LogP) is 3.19. The van der Waals surface area contributed by atoms with Gasteiger partial charge in [0, 0.05) is 24.3 Å². The van der Waals surface area contributed by atoms with Crippen molar-refractivity contribution < 1.29 is 19.1 Å². The van der Waals surface area contributed by atoms with Gasteiger partial charge in [-0.2, -0.15) is 4.98 Å². The van der Waals surface area contributed by atoms with E-state index in [4.69, 9.17) is 21.1 Å². The fraction of sp³-hybridized carbons (Fsp3) is 0.333. The number of morpholine rings is 1. The van der Waals surface area contributed by atoms with Crippen LogP contribution in [0.2, 0.25) is 5.02 Å². The normalized spacial score (nSPS) is 17.5. The molecule has 0 amide bonds. The molecule has 4 heterocycles. The zero-order valence-electron chi connectivity index (χ0n) is 16.8. The van der Waals surface area contributed by atoms with Crippen LogP contribution in [0.4, 0.5) is 5.69 Å². The van der Waals surface area contributed by atoms with Gasteiger partial charge in [-0.1, -0.05) is 28.9 Å². The van der Waals surface area contributed by atoms with E-state index in [0.717, 1.165) is 37.6 Å². The Labute approximate surface area is 183 Å². The topological polar surface area (TPSA) is 102 Å². The Balaban J connectivity index is 1.37. The van der Waals surface area contributed by atoms with Crippen LogP contribution in [0.15, 0.2) is 35.5 Å². The summed E-state index contributed by atoms with van der Waals surface area (Å²) in [6.07, 6.45) is -0.356. The van der Waals surface area contributed by atoms with E-state index in [2.05, 4.69) is 42.0 Å². The van der Waals surface area contributed by atoms with E-state index >= 15 is 0 Å². The van der Waals surface area contributed by atoms with Crippen LogP contribution in [0.1, 0.15) is 13.3 Å². The van der Waals surface area contributed by atoms with E-state index in [0.29, 0.717) is 27.6 Å². The van der Waals surface area contributed by atoms with Gasteiger partial charge in [-0.25, -0.2) is 9.78 Å². The van der Waals surface area contributed by atoms with Crippen molar-refractivity contribution in [2.75, 3.05) is 31.2 Å².